The van der Waals surface area contributed by atoms with Crippen molar-refractivity contribution in [2.24, 2.45) is 5.92 Å². The molecule has 1 aliphatic carbocycles. The van der Waals surface area contributed by atoms with Gasteiger partial charge in [-0.2, -0.15) is 5.26 Å². The Labute approximate surface area is 79.3 Å². The van der Waals surface area contributed by atoms with Crippen molar-refractivity contribution in [2.75, 3.05) is 20.3 Å². The summed E-state index contributed by atoms with van der Waals surface area (Å²) in [6, 6.07) is 3.00. The summed E-state index contributed by atoms with van der Waals surface area (Å²) in [5.74, 6) is 0.882. The van der Waals surface area contributed by atoms with Gasteiger partial charge in [-0.15, -0.1) is 0 Å². The van der Waals surface area contributed by atoms with E-state index >= 15 is 0 Å². The summed E-state index contributed by atoms with van der Waals surface area (Å²) in [6.45, 7) is 1.67. The van der Waals surface area contributed by atoms with Crippen LogP contribution in [0.4, 0.5) is 0 Å². The molecule has 2 fully saturated rings. The Morgan fingerprint density at radius 3 is 3.08 bits per heavy atom. The second kappa shape index (κ2) is 3.65. The van der Waals surface area contributed by atoms with Crippen molar-refractivity contribution >= 4 is 0 Å². The SMILES string of the molecule is COCC(C#N)N1CC2CCCC21. The fraction of sp³-hybridized carbons (Fsp3) is 0.900. The first-order valence-electron chi connectivity index (χ1n) is 5.01. The van der Waals surface area contributed by atoms with Gasteiger partial charge in [0.1, 0.15) is 6.04 Å². The number of hydrogen-bond donors (Lipinski definition) is 0. The molecule has 0 aromatic heterocycles. The summed E-state index contributed by atoms with van der Waals surface area (Å²) in [7, 11) is 1.66. The molecule has 0 aromatic rings. The standard InChI is InChI=1S/C10H16N2O/c1-13-7-9(5-11)12-6-8-3-2-4-10(8)12/h8-10H,2-4,6-7H2,1H3. The van der Waals surface area contributed by atoms with Gasteiger partial charge in [0, 0.05) is 19.7 Å². The van der Waals surface area contributed by atoms with Crippen molar-refractivity contribution in [1.29, 1.82) is 5.26 Å². The van der Waals surface area contributed by atoms with Gasteiger partial charge in [0.25, 0.3) is 0 Å². The maximum Gasteiger partial charge on any atom is 0.122 e. The normalized spacial score (nSPS) is 34.8. The van der Waals surface area contributed by atoms with E-state index in [4.69, 9.17) is 10.00 Å². The monoisotopic (exact) mass is 180 g/mol. The second-order valence-electron chi connectivity index (χ2n) is 4.06. The Balaban J connectivity index is 1.91. The van der Waals surface area contributed by atoms with Crippen LogP contribution in [0.3, 0.4) is 0 Å². The van der Waals surface area contributed by atoms with Gasteiger partial charge < -0.3 is 4.74 Å². The third kappa shape index (κ3) is 1.45. The van der Waals surface area contributed by atoms with Gasteiger partial charge in [0.05, 0.1) is 12.7 Å². The van der Waals surface area contributed by atoms with Crippen LogP contribution in [0.1, 0.15) is 19.3 Å². The average Bonchev–Trinajstić information content (AvgIpc) is 2.46. The van der Waals surface area contributed by atoms with Crippen LogP contribution >= 0.6 is 0 Å². The highest BCUT2D eigenvalue weighted by Crippen LogP contribution is 2.39. The molecule has 0 N–H and O–H groups in total. The highest BCUT2D eigenvalue weighted by molar-refractivity contribution is 5.04. The lowest BCUT2D eigenvalue weighted by molar-refractivity contribution is -0.0102. The van der Waals surface area contributed by atoms with Crippen LogP contribution in [0.2, 0.25) is 0 Å². The Morgan fingerprint density at radius 1 is 1.62 bits per heavy atom. The van der Waals surface area contributed by atoms with E-state index < -0.39 is 0 Å². The molecule has 2 rings (SSSR count). The average molecular weight is 180 g/mol. The van der Waals surface area contributed by atoms with Gasteiger partial charge in [-0.25, -0.2) is 0 Å². The quantitative estimate of drug-likeness (QED) is 0.650. The van der Waals surface area contributed by atoms with Crippen molar-refractivity contribution in [2.45, 2.75) is 31.3 Å². The van der Waals surface area contributed by atoms with Crippen LogP contribution in [0.25, 0.3) is 0 Å². The molecule has 1 aliphatic heterocycles. The van der Waals surface area contributed by atoms with Crippen LogP contribution in [-0.2, 0) is 4.74 Å². The number of hydrogen-bond acceptors (Lipinski definition) is 3. The lowest BCUT2D eigenvalue weighted by Crippen LogP contribution is -2.58. The van der Waals surface area contributed by atoms with Gasteiger partial charge in [-0.1, -0.05) is 6.42 Å². The smallest absolute Gasteiger partial charge is 0.122 e. The van der Waals surface area contributed by atoms with E-state index in [1.54, 1.807) is 7.11 Å². The van der Waals surface area contributed by atoms with E-state index in [9.17, 15) is 0 Å². The van der Waals surface area contributed by atoms with Crippen molar-refractivity contribution < 1.29 is 4.74 Å². The van der Waals surface area contributed by atoms with Crippen molar-refractivity contribution in [1.82, 2.24) is 4.90 Å². The summed E-state index contributed by atoms with van der Waals surface area (Å²) in [4.78, 5) is 2.31. The van der Waals surface area contributed by atoms with Gasteiger partial charge >= 0.3 is 0 Å². The third-order valence-corrected chi connectivity index (χ3v) is 3.36. The molecule has 1 saturated carbocycles. The van der Waals surface area contributed by atoms with Gasteiger partial charge in [-0.3, -0.25) is 4.90 Å². The third-order valence-electron chi connectivity index (χ3n) is 3.36. The zero-order chi connectivity index (χ0) is 9.26. The topological polar surface area (TPSA) is 36.3 Å². The predicted octanol–water partition coefficient (Wildman–Crippen LogP) is 1.01. The molecule has 3 unspecified atom stereocenters. The van der Waals surface area contributed by atoms with Crippen LogP contribution in [0.5, 0.6) is 0 Å². The molecule has 0 radical (unpaired) electrons. The largest absolute Gasteiger partial charge is 0.382 e. The molecule has 0 aromatic carbocycles. The molecule has 72 valence electrons. The number of fused-ring (bicyclic) bond motifs is 1. The Bertz CT molecular complexity index is 223. The molecule has 3 atom stereocenters. The number of methoxy groups -OCH3 is 1. The summed E-state index contributed by atoms with van der Waals surface area (Å²) in [5, 5.41) is 8.94. The number of nitriles is 1. The molecule has 13 heavy (non-hydrogen) atoms. The molecule has 0 spiro atoms. The first-order valence-corrected chi connectivity index (χ1v) is 5.01. The minimum absolute atomic E-state index is 0.00986. The highest BCUT2D eigenvalue weighted by Gasteiger charge is 2.44. The van der Waals surface area contributed by atoms with Gasteiger partial charge in [0.2, 0.25) is 0 Å². The molecule has 1 heterocycles. The number of likely N-dealkylation sites (tertiary alicyclic amines) is 1. The Kier molecular flexibility index (Phi) is 2.52. The molecule has 0 amide bonds. The van der Waals surface area contributed by atoms with E-state index in [-0.39, 0.29) is 6.04 Å². The van der Waals surface area contributed by atoms with E-state index in [2.05, 4.69) is 11.0 Å². The maximum absolute atomic E-state index is 8.94. The predicted molar refractivity (Wildman–Crippen MR) is 49.1 cm³/mol. The summed E-state index contributed by atoms with van der Waals surface area (Å²) in [6.07, 6.45) is 4.00. The molecular formula is C10H16N2O. The Hall–Kier alpha value is -0.590. The Morgan fingerprint density at radius 2 is 2.46 bits per heavy atom. The zero-order valence-electron chi connectivity index (χ0n) is 8.07. The maximum atomic E-state index is 8.94. The van der Waals surface area contributed by atoms with Crippen LogP contribution < -0.4 is 0 Å². The van der Waals surface area contributed by atoms with E-state index in [0.717, 1.165) is 12.5 Å². The lowest BCUT2D eigenvalue weighted by Gasteiger charge is -2.46. The van der Waals surface area contributed by atoms with E-state index in [1.807, 2.05) is 0 Å². The van der Waals surface area contributed by atoms with Gasteiger partial charge in [0.15, 0.2) is 0 Å². The molecule has 2 aliphatic rings. The van der Waals surface area contributed by atoms with Crippen molar-refractivity contribution in [3.05, 3.63) is 0 Å². The summed E-state index contributed by atoms with van der Waals surface area (Å²) < 4.78 is 5.04. The van der Waals surface area contributed by atoms with E-state index in [1.165, 1.54) is 19.3 Å². The molecular weight excluding hydrogens is 164 g/mol. The van der Waals surface area contributed by atoms with Crippen LogP contribution in [-0.4, -0.2) is 37.2 Å². The lowest BCUT2D eigenvalue weighted by atomic mass is 9.90. The number of rotatable bonds is 3. The molecule has 3 nitrogen and oxygen atoms in total. The molecule has 1 saturated heterocycles. The number of nitrogens with zero attached hydrogens (tertiary/aromatic N) is 2. The summed E-state index contributed by atoms with van der Waals surface area (Å²) >= 11 is 0. The van der Waals surface area contributed by atoms with Crippen LogP contribution in [0, 0.1) is 17.2 Å². The molecule has 3 heteroatoms. The van der Waals surface area contributed by atoms with Gasteiger partial charge in [-0.05, 0) is 18.8 Å². The minimum atomic E-state index is -0.00986. The highest BCUT2D eigenvalue weighted by atomic mass is 16.5. The van der Waals surface area contributed by atoms with E-state index in [0.29, 0.717) is 12.6 Å². The summed E-state index contributed by atoms with van der Waals surface area (Å²) in [5.41, 5.74) is 0. The zero-order valence-corrected chi connectivity index (χ0v) is 8.07. The van der Waals surface area contributed by atoms with Crippen molar-refractivity contribution in [3.63, 3.8) is 0 Å². The van der Waals surface area contributed by atoms with Crippen LogP contribution in [0.15, 0.2) is 0 Å². The second-order valence-corrected chi connectivity index (χ2v) is 4.06. The first-order chi connectivity index (χ1) is 6.36. The molecule has 0 bridgehead atoms. The fourth-order valence-electron chi connectivity index (χ4n) is 2.66. The number of ether oxygens (including phenoxy) is 1. The first kappa shape index (κ1) is 8.98. The fourth-order valence-corrected chi connectivity index (χ4v) is 2.66. The van der Waals surface area contributed by atoms with Crippen molar-refractivity contribution in [3.8, 4) is 6.07 Å². The minimum Gasteiger partial charge on any atom is -0.382 e.